The average molecular weight is 423 g/mol. The predicted molar refractivity (Wildman–Crippen MR) is 128 cm³/mol. The topological polar surface area (TPSA) is 84.2 Å². The third-order valence-electron chi connectivity index (χ3n) is 4.80. The summed E-state index contributed by atoms with van der Waals surface area (Å²) in [6.45, 7) is 0. The smallest absolute Gasteiger partial charge is 0.324 e. The molecule has 0 aliphatic carbocycles. The molecule has 3 aromatic carbocycles. The number of nitrogens with zero attached hydrogens (tertiary/aromatic N) is 4. The highest BCUT2D eigenvalue weighted by molar-refractivity contribution is 5.80. The molecule has 0 radical (unpaired) electrons. The Morgan fingerprint density at radius 2 is 1.44 bits per heavy atom. The summed E-state index contributed by atoms with van der Waals surface area (Å²) in [6.07, 6.45) is 3.45. The third kappa shape index (κ3) is 4.79. The minimum Gasteiger partial charge on any atom is -0.324 e. The number of para-hydroxylation sites is 2. The van der Waals surface area contributed by atoms with Crippen LogP contribution in [0.25, 0.3) is 12.2 Å². The zero-order chi connectivity index (χ0) is 22.3. The first-order valence-electron chi connectivity index (χ1n) is 10.0. The summed E-state index contributed by atoms with van der Waals surface area (Å²) >= 11 is 0. The lowest BCUT2D eigenvalue weighted by Gasteiger charge is -2.19. The Hall–Kier alpha value is -4.52. The van der Waals surface area contributed by atoms with Crippen LogP contribution in [0.15, 0.2) is 91.0 Å². The predicted octanol–water partition coefficient (Wildman–Crippen LogP) is 6.07. The van der Waals surface area contributed by atoms with Crippen LogP contribution < -0.4 is 10.2 Å². The number of nitro groups is 1. The fourth-order valence-electron chi connectivity index (χ4n) is 3.20. The van der Waals surface area contributed by atoms with E-state index in [1.165, 1.54) is 0 Å². The molecule has 0 fully saturated rings. The number of hydrogen-bond acceptors (Lipinski definition) is 6. The van der Waals surface area contributed by atoms with Gasteiger partial charge in [-0.25, -0.2) is 4.98 Å². The lowest BCUT2D eigenvalue weighted by molar-refractivity contribution is -0.384. The first-order chi connectivity index (χ1) is 15.6. The van der Waals surface area contributed by atoms with Gasteiger partial charge in [0, 0.05) is 18.4 Å². The van der Waals surface area contributed by atoms with Gasteiger partial charge in [-0.05, 0) is 35.9 Å². The zero-order valence-corrected chi connectivity index (χ0v) is 17.4. The maximum absolute atomic E-state index is 12.1. The molecule has 0 amide bonds. The number of benzene rings is 3. The van der Waals surface area contributed by atoms with Crippen LogP contribution in [0.2, 0.25) is 0 Å². The van der Waals surface area contributed by atoms with Crippen LogP contribution in [0.3, 0.4) is 0 Å². The van der Waals surface area contributed by atoms with E-state index >= 15 is 0 Å². The number of hydrogen-bond donors (Lipinski definition) is 1. The van der Waals surface area contributed by atoms with E-state index in [0.29, 0.717) is 0 Å². The largest absolute Gasteiger partial charge is 0.337 e. The normalized spacial score (nSPS) is 10.8. The summed E-state index contributed by atoms with van der Waals surface area (Å²) < 4.78 is 0. The van der Waals surface area contributed by atoms with Crippen LogP contribution in [-0.2, 0) is 0 Å². The van der Waals surface area contributed by atoms with Crippen molar-refractivity contribution < 1.29 is 4.92 Å². The Labute approximate surface area is 185 Å². The highest BCUT2D eigenvalue weighted by Gasteiger charge is 2.27. The fourth-order valence-corrected chi connectivity index (χ4v) is 3.20. The van der Waals surface area contributed by atoms with Gasteiger partial charge in [0.05, 0.1) is 4.92 Å². The quantitative estimate of drug-likeness (QED) is 0.287. The SMILES string of the molecule is CN(c1ccccc1)c1nc(Nc2ccccc2)nc(/C=C\c2ccccc2)c1[N+](=O)[O-]. The van der Waals surface area contributed by atoms with Crippen molar-refractivity contribution in [3.8, 4) is 0 Å². The molecular weight excluding hydrogens is 402 g/mol. The molecule has 0 aliphatic heterocycles. The highest BCUT2D eigenvalue weighted by atomic mass is 16.6. The molecular formula is C25H21N5O2. The van der Waals surface area contributed by atoms with Gasteiger partial charge < -0.3 is 10.2 Å². The fraction of sp³-hybridized carbons (Fsp3) is 0.0400. The van der Waals surface area contributed by atoms with Gasteiger partial charge in [-0.1, -0.05) is 72.8 Å². The molecule has 0 saturated heterocycles. The molecule has 0 atom stereocenters. The van der Waals surface area contributed by atoms with Crippen molar-refractivity contribution in [1.82, 2.24) is 9.97 Å². The van der Waals surface area contributed by atoms with Crippen LogP contribution in [0, 0.1) is 10.1 Å². The molecule has 32 heavy (non-hydrogen) atoms. The molecule has 1 heterocycles. The summed E-state index contributed by atoms with van der Waals surface area (Å²) in [6, 6.07) is 28.4. The van der Waals surface area contributed by atoms with E-state index in [0.717, 1.165) is 16.9 Å². The number of rotatable bonds is 7. The molecule has 0 aliphatic rings. The second-order valence-corrected chi connectivity index (χ2v) is 6.99. The van der Waals surface area contributed by atoms with Crippen molar-refractivity contribution in [2.45, 2.75) is 0 Å². The van der Waals surface area contributed by atoms with Gasteiger partial charge >= 0.3 is 5.69 Å². The summed E-state index contributed by atoms with van der Waals surface area (Å²) in [5.74, 6) is 0.467. The van der Waals surface area contributed by atoms with E-state index in [9.17, 15) is 10.1 Å². The monoisotopic (exact) mass is 423 g/mol. The van der Waals surface area contributed by atoms with Crippen LogP contribution in [0.5, 0.6) is 0 Å². The standard InChI is InChI=1S/C25H21N5O2/c1-29(21-15-9-4-10-16-21)24-23(30(31)32)22(18-17-19-11-5-2-6-12-19)27-25(28-24)26-20-13-7-3-8-14-20/h2-18H,1H3,(H,26,27,28)/b18-17-. The molecule has 4 aromatic rings. The number of anilines is 4. The van der Waals surface area contributed by atoms with E-state index in [2.05, 4.69) is 15.3 Å². The van der Waals surface area contributed by atoms with Gasteiger partial charge in [0.15, 0.2) is 0 Å². The van der Waals surface area contributed by atoms with Crippen LogP contribution in [0.4, 0.5) is 28.8 Å². The van der Waals surface area contributed by atoms with Crippen LogP contribution >= 0.6 is 0 Å². The van der Waals surface area contributed by atoms with Crippen molar-refractivity contribution in [3.05, 3.63) is 112 Å². The average Bonchev–Trinajstić information content (AvgIpc) is 2.83. The van der Waals surface area contributed by atoms with E-state index < -0.39 is 4.92 Å². The molecule has 0 unspecified atom stereocenters. The molecule has 1 aromatic heterocycles. The van der Waals surface area contributed by atoms with Gasteiger partial charge in [-0.2, -0.15) is 4.98 Å². The Morgan fingerprint density at radius 1 is 0.844 bits per heavy atom. The van der Waals surface area contributed by atoms with E-state index in [-0.39, 0.29) is 23.1 Å². The highest BCUT2D eigenvalue weighted by Crippen LogP contribution is 2.35. The Bertz CT molecular complexity index is 1230. The van der Waals surface area contributed by atoms with Crippen molar-refractivity contribution >= 4 is 41.0 Å². The molecule has 0 spiro atoms. The van der Waals surface area contributed by atoms with Gasteiger partial charge in [0.2, 0.25) is 11.8 Å². The maximum Gasteiger partial charge on any atom is 0.337 e. The Balaban J connectivity index is 1.85. The summed E-state index contributed by atoms with van der Waals surface area (Å²) in [5.41, 5.74) is 2.52. The summed E-state index contributed by atoms with van der Waals surface area (Å²) in [5, 5.41) is 15.3. The molecule has 7 heteroatoms. The van der Waals surface area contributed by atoms with Crippen molar-refractivity contribution in [1.29, 1.82) is 0 Å². The van der Waals surface area contributed by atoms with Crippen molar-refractivity contribution in [3.63, 3.8) is 0 Å². The van der Waals surface area contributed by atoms with E-state index in [4.69, 9.17) is 0 Å². The van der Waals surface area contributed by atoms with Gasteiger partial charge in [0.25, 0.3) is 0 Å². The lowest BCUT2D eigenvalue weighted by atomic mass is 10.2. The number of aromatic nitrogens is 2. The summed E-state index contributed by atoms with van der Waals surface area (Å²) in [4.78, 5) is 22.3. The van der Waals surface area contributed by atoms with Gasteiger partial charge in [0.1, 0.15) is 5.69 Å². The van der Waals surface area contributed by atoms with E-state index in [1.54, 1.807) is 24.1 Å². The molecule has 0 saturated carbocycles. The lowest BCUT2D eigenvalue weighted by Crippen LogP contribution is -2.16. The van der Waals surface area contributed by atoms with Gasteiger partial charge in [-0.15, -0.1) is 0 Å². The van der Waals surface area contributed by atoms with Crippen LogP contribution in [0.1, 0.15) is 11.3 Å². The minimum atomic E-state index is -0.439. The van der Waals surface area contributed by atoms with Crippen molar-refractivity contribution in [2.75, 3.05) is 17.3 Å². The maximum atomic E-state index is 12.1. The first-order valence-corrected chi connectivity index (χ1v) is 10.0. The second kappa shape index (κ2) is 9.53. The first kappa shape index (κ1) is 20.7. The third-order valence-corrected chi connectivity index (χ3v) is 4.80. The van der Waals surface area contributed by atoms with Crippen molar-refractivity contribution in [2.24, 2.45) is 0 Å². The van der Waals surface area contributed by atoms with Crippen LogP contribution in [-0.4, -0.2) is 21.9 Å². The molecule has 4 rings (SSSR count). The molecule has 7 nitrogen and oxygen atoms in total. The molecule has 0 bridgehead atoms. The number of nitrogens with one attached hydrogen (secondary N) is 1. The Kier molecular flexibility index (Phi) is 6.17. The zero-order valence-electron chi connectivity index (χ0n) is 17.4. The van der Waals surface area contributed by atoms with Gasteiger partial charge in [-0.3, -0.25) is 10.1 Å². The Morgan fingerprint density at radius 3 is 2.06 bits per heavy atom. The second-order valence-electron chi connectivity index (χ2n) is 6.99. The minimum absolute atomic E-state index is 0.165. The molecule has 158 valence electrons. The van der Waals surface area contributed by atoms with E-state index in [1.807, 2.05) is 91.0 Å². The summed E-state index contributed by atoms with van der Waals surface area (Å²) in [7, 11) is 1.75. The molecule has 1 N–H and O–H groups in total.